The zero-order valence-electron chi connectivity index (χ0n) is 10.8. The third-order valence-electron chi connectivity index (χ3n) is 3.47. The number of hydrogen-bond donors (Lipinski definition) is 1. The summed E-state index contributed by atoms with van der Waals surface area (Å²) in [5, 5.41) is 18.3. The second-order valence-corrected chi connectivity index (χ2v) is 5.64. The first kappa shape index (κ1) is 12.7. The van der Waals surface area contributed by atoms with Crippen molar-refractivity contribution in [3.8, 4) is 22.3 Å². The molecule has 0 saturated carbocycles. The van der Waals surface area contributed by atoms with Gasteiger partial charge in [0.2, 0.25) is 0 Å². The van der Waals surface area contributed by atoms with Gasteiger partial charge in [0.25, 0.3) is 0 Å². The van der Waals surface area contributed by atoms with Crippen molar-refractivity contribution >= 4 is 17.3 Å². The Balaban J connectivity index is 2.21. The first-order valence-corrected chi connectivity index (χ1v) is 6.93. The van der Waals surface area contributed by atoms with Gasteiger partial charge in [-0.25, -0.2) is 4.79 Å². The summed E-state index contributed by atoms with van der Waals surface area (Å²) < 4.78 is 5.22. The minimum absolute atomic E-state index is 0.345. The predicted molar refractivity (Wildman–Crippen MR) is 75.4 cm³/mol. The summed E-state index contributed by atoms with van der Waals surface area (Å²) in [6.45, 7) is 0. The van der Waals surface area contributed by atoms with Gasteiger partial charge in [-0.05, 0) is 47.7 Å². The van der Waals surface area contributed by atoms with Gasteiger partial charge >= 0.3 is 5.97 Å². The van der Waals surface area contributed by atoms with Crippen molar-refractivity contribution in [2.24, 2.45) is 0 Å². The van der Waals surface area contributed by atoms with Crippen LogP contribution in [-0.4, -0.2) is 18.2 Å². The van der Waals surface area contributed by atoms with E-state index in [-0.39, 0.29) is 0 Å². The second kappa shape index (κ2) is 4.66. The lowest BCUT2D eigenvalue weighted by Crippen LogP contribution is -2.03. The molecule has 4 nitrogen and oxygen atoms in total. The Kier molecular flexibility index (Phi) is 2.96. The summed E-state index contributed by atoms with van der Waals surface area (Å²) in [6, 6.07) is 7.54. The molecule has 2 aromatic rings. The predicted octanol–water partition coefficient (Wildman–Crippen LogP) is 3.09. The van der Waals surface area contributed by atoms with E-state index >= 15 is 0 Å². The van der Waals surface area contributed by atoms with Crippen molar-refractivity contribution in [3.05, 3.63) is 39.8 Å². The van der Waals surface area contributed by atoms with E-state index in [4.69, 9.17) is 9.84 Å². The molecule has 3 rings (SSSR count). The van der Waals surface area contributed by atoms with E-state index < -0.39 is 5.97 Å². The number of aromatic carboxylic acids is 1. The van der Waals surface area contributed by atoms with Crippen LogP contribution in [0.4, 0.5) is 0 Å². The molecule has 0 radical (unpaired) electrons. The quantitative estimate of drug-likeness (QED) is 0.920. The molecule has 5 heteroatoms. The Hall–Kier alpha value is -2.32. The molecule has 0 fully saturated rings. The Morgan fingerprint density at radius 3 is 2.75 bits per heavy atom. The highest BCUT2D eigenvalue weighted by Gasteiger charge is 2.23. The molecule has 0 atom stereocenters. The number of carbonyl (C=O) groups is 1. The van der Waals surface area contributed by atoms with E-state index in [0.717, 1.165) is 34.4 Å². The van der Waals surface area contributed by atoms with Gasteiger partial charge in [-0.2, -0.15) is 5.26 Å². The molecule has 0 spiro atoms. The van der Waals surface area contributed by atoms with Crippen LogP contribution in [0.2, 0.25) is 0 Å². The van der Waals surface area contributed by atoms with Gasteiger partial charge in [0.05, 0.1) is 12.7 Å². The van der Waals surface area contributed by atoms with Crippen LogP contribution < -0.4 is 4.74 Å². The van der Waals surface area contributed by atoms with Gasteiger partial charge in [0, 0.05) is 4.88 Å². The van der Waals surface area contributed by atoms with Crippen molar-refractivity contribution in [1.29, 1.82) is 5.26 Å². The molecular weight excluding hydrogens is 274 g/mol. The number of aryl methyl sites for hydroxylation is 2. The summed E-state index contributed by atoms with van der Waals surface area (Å²) >= 11 is 1.27. The Labute approximate surface area is 119 Å². The van der Waals surface area contributed by atoms with Crippen molar-refractivity contribution < 1.29 is 14.6 Å². The second-order valence-electron chi connectivity index (χ2n) is 4.59. The van der Waals surface area contributed by atoms with Gasteiger partial charge in [0.1, 0.15) is 16.7 Å². The molecule has 1 heterocycles. The maximum atomic E-state index is 11.1. The number of benzene rings is 1. The van der Waals surface area contributed by atoms with E-state index in [2.05, 4.69) is 6.07 Å². The van der Waals surface area contributed by atoms with Gasteiger partial charge < -0.3 is 9.84 Å². The lowest BCUT2D eigenvalue weighted by atomic mass is 9.90. The first-order chi connectivity index (χ1) is 9.63. The number of carboxylic acid groups (broad SMARTS) is 1. The molecule has 20 heavy (non-hydrogen) atoms. The number of methoxy groups -OCH3 is 1. The van der Waals surface area contributed by atoms with E-state index in [0.29, 0.717) is 16.2 Å². The molecule has 0 amide bonds. The van der Waals surface area contributed by atoms with Crippen molar-refractivity contribution in [2.75, 3.05) is 7.11 Å². The minimum atomic E-state index is -0.903. The normalized spacial score (nSPS) is 12.2. The summed E-state index contributed by atoms with van der Waals surface area (Å²) in [6.07, 6.45) is 1.65. The third-order valence-corrected chi connectivity index (χ3v) is 4.67. The summed E-state index contributed by atoms with van der Waals surface area (Å²) in [7, 11) is 1.55. The van der Waals surface area contributed by atoms with Crippen LogP contribution in [0, 0.1) is 11.3 Å². The topological polar surface area (TPSA) is 70.3 Å². The third kappa shape index (κ3) is 1.86. The molecule has 100 valence electrons. The van der Waals surface area contributed by atoms with Crippen molar-refractivity contribution in [1.82, 2.24) is 0 Å². The maximum Gasteiger partial charge on any atom is 0.345 e. The highest BCUT2D eigenvalue weighted by molar-refractivity contribution is 7.17. The number of ether oxygens (including phenoxy) is 1. The van der Waals surface area contributed by atoms with Gasteiger partial charge in [-0.1, -0.05) is 0 Å². The van der Waals surface area contributed by atoms with Gasteiger partial charge in [-0.15, -0.1) is 11.3 Å². The highest BCUT2D eigenvalue weighted by Crippen LogP contribution is 2.41. The molecule has 0 unspecified atom stereocenters. The Bertz CT molecular complexity index is 755. The number of nitrogens with zero attached hydrogens (tertiary/aromatic N) is 1. The van der Waals surface area contributed by atoms with E-state index in [1.165, 1.54) is 11.3 Å². The Morgan fingerprint density at radius 1 is 1.35 bits per heavy atom. The number of thiophene rings is 1. The van der Waals surface area contributed by atoms with Crippen LogP contribution in [0.3, 0.4) is 0 Å². The largest absolute Gasteiger partial charge is 0.495 e. The first-order valence-electron chi connectivity index (χ1n) is 6.11. The lowest BCUT2D eigenvalue weighted by molar-refractivity contribution is 0.0702. The fourth-order valence-corrected chi connectivity index (χ4v) is 3.61. The number of hydrogen-bond acceptors (Lipinski definition) is 4. The fraction of sp³-hybridized carbons (Fsp3) is 0.200. The fourth-order valence-electron chi connectivity index (χ4n) is 2.51. The molecule has 1 N–H and O–H groups in total. The van der Waals surface area contributed by atoms with Crippen LogP contribution in [0.25, 0.3) is 10.4 Å². The monoisotopic (exact) mass is 285 g/mol. The Morgan fingerprint density at radius 2 is 2.10 bits per heavy atom. The van der Waals surface area contributed by atoms with Crippen LogP contribution in [0.1, 0.15) is 26.4 Å². The number of fused-ring (bicyclic) bond motifs is 3. The van der Waals surface area contributed by atoms with Crippen molar-refractivity contribution in [3.63, 3.8) is 0 Å². The van der Waals surface area contributed by atoms with Gasteiger partial charge in [-0.3, -0.25) is 0 Å². The minimum Gasteiger partial charge on any atom is -0.495 e. The number of carboxylic acids is 1. The van der Waals surface area contributed by atoms with Crippen LogP contribution in [-0.2, 0) is 12.8 Å². The SMILES string of the molecule is COc1cc2c(cc1C#N)-c1sc(C(=O)O)cc1CC2. The average Bonchev–Trinajstić information content (AvgIpc) is 2.90. The van der Waals surface area contributed by atoms with Crippen LogP contribution in [0.15, 0.2) is 18.2 Å². The summed E-state index contributed by atoms with van der Waals surface area (Å²) in [5.74, 6) is -0.329. The standard InChI is InChI=1S/C15H11NO3S/c1-19-12-5-8-2-3-9-6-13(15(17)18)20-14(9)11(8)4-10(12)7-16/h4-6H,2-3H2,1H3,(H,17,18). The van der Waals surface area contributed by atoms with Crippen LogP contribution >= 0.6 is 11.3 Å². The molecule has 0 saturated heterocycles. The zero-order chi connectivity index (χ0) is 14.3. The molecule has 1 aromatic heterocycles. The van der Waals surface area contributed by atoms with Gasteiger partial charge in [0.15, 0.2) is 0 Å². The molecule has 0 bridgehead atoms. The number of nitriles is 1. The zero-order valence-corrected chi connectivity index (χ0v) is 11.6. The average molecular weight is 285 g/mol. The van der Waals surface area contributed by atoms with E-state index in [1.54, 1.807) is 19.2 Å². The van der Waals surface area contributed by atoms with Crippen molar-refractivity contribution in [2.45, 2.75) is 12.8 Å². The summed E-state index contributed by atoms with van der Waals surface area (Å²) in [4.78, 5) is 12.4. The maximum absolute atomic E-state index is 11.1. The molecular formula is C15H11NO3S. The number of rotatable bonds is 2. The highest BCUT2D eigenvalue weighted by atomic mass is 32.1. The molecule has 1 aliphatic rings. The smallest absolute Gasteiger partial charge is 0.345 e. The summed E-state index contributed by atoms with van der Waals surface area (Å²) in [5.41, 5.74) is 3.59. The lowest BCUT2D eigenvalue weighted by Gasteiger charge is -2.17. The van der Waals surface area contributed by atoms with E-state index in [1.807, 2.05) is 6.07 Å². The molecule has 1 aromatic carbocycles. The molecule has 0 aliphatic heterocycles. The van der Waals surface area contributed by atoms with Crippen LogP contribution in [0.5, 0.6) is 5.75 Å². The molecule has 1 aliphatic carbocycles. The van der Waals surface area contributed by atoms with E-state index in [9.17, 15) is 10.1 Å².